The maximum absolute atomic E-state index is 11.8. The van der Waals surface area contributed by atoms with E-state index in [-0.39, 0.29) is 0 Å². The van der Waals surface area contributed by atoms with Crippen molar-refractivity contribution in [3.63, 3.8) is 0 Å². The molecule has 0 saturated carbocycles. The molecule has 0 heterocycles. The molecule has 0 aliphatic heterocycles. The van der Waals surface area contributed by atoms with Crippen LogP contribution in [0, 0.1) is 0 Å². The number of hydrogen-bond donors (Lipinski definition) is 0. The van der Waals surface area contributed by atoms with Gasteiger partial charge in [0.25, 0.3) is 0 Å². The third kappa shape index (κ3) is 4.00. The molecular formula is C13H18OS. The Morgan fingerprint density at radius 3 is 2.80 bits per heavy atom. The van der Waals surface area contributed by atoms with Crippen LogP contribution >= 0.6 is 0 Å². The summed E-state index contributed by atoms with van der Waals surface area (Å²) in [6, 6.07) is 7.96. The van der Waals surface area contributed by atoms with Gasteiger partial charge >= 0.3 is 0 Å². The Bertz CT molecular complexity index is 355. The zero-order valence-electron chi connectivity index (χ0n) is 9.40. The molecule has 0 aliphatic carbocycles. The lowest BCUT2D eigenvalue weighted by Gasteiger charge is -2.01. The molecule has 2 heteroatoms. The Morgan fingerprint density at radius 1 is 1.33 bits per heavy atom. The van der Waals surface area contributed by atoms with E-state index < -0.39 is 10.8 Å². The fourth-order valence-electron chi connectivity index (χ4n) is 1.32. The first kappa shape index (κ1) is 12.2. The van der Waals surface area contributed by atoms with E-state index in [9.17, 15) is 4.21 Å². The number of allylic oxidation sites excluding steroid dienone is 1. The quantitative estimate of drug-likeness (QED) is 0.743. The van der Waals surface area contributed by atoms with E-state index in [4.69, 9.17) is 0 Å². The van der Waals surface area contributed by atoms with E-state index in [1.54, 1.807) is 0 Å². The van der Waals surface area contributed by atoms with Crippen LogP contribution in [0.15, 0.2) is 35.2 Å². The zero-order valence-corrected chi connectivity index (χ0v) is 10.2. The molecule has 1 aromatic carbocycles. The van der Waals surface area contributed by atoms with Gasteiger partial charge in [-0.3, -0.25) is 4.21 Å². The third-order valence-electron chi connectivity index (χ3n) is 2.06. The molecule has 15 heavy (non-hydrogen) atoms. The highest BCUT2D eigenvalue weighted by molar-refractivity contribution is 7.85. The topological polar surface area (TPSA) is 17.1 Å². The third-order valence-corrected chi connectivity index (χ3v) is 3.62. The smallest absolute Gasteiger partial charge is 0.0529 e. The van der Waals surface area contributed by atoms with Crippen molar-refractivity contribution in [1.29, 1.82) is 0 Å². The van der Waals surface area contributed by atoms with Gasteiger partial charge in [0, 0.05) is 10.6 Å². The second kappa shape index (κ2) is 6.57. The summed E-state index contributed by atoms with van der Waals surface area (Å²) in [4.78, 5) is 0.940. The normalized spacial score (nSPS) is 13.2. The summed E-state index contributed by atoms with van der Waals surface area (Å²) in [5.41, 5.74) is 1.14. The Balaban J connectivity index is 2.82. The minimum Gasteiger partial charge on any atom is -0.254 e. The maximum atomic E-state index is 11.8. The van der Waals surface area contributed by atoms with E-state index in [2.05, 4.69) is 26.0 Å². The van der Waals surface area contributed by atoms with Crippen LogP contribution in [0.5, 0.6) is 0 Å². The molecule has 0 saturated heterocycles. The lowest BCUT2D eigenvalue weighted by Crippen LogP contribution is -1.96. The molecule has 0 fully saturated rings. The average Bonchev–Trinajstić information content (AvgIpc) is 2.27. The Morgan fingerprint density at radius 2 is 2.13 bits per heavy atom. The monoisotopic (exact) mass is 222 g/mol. The highest BCUT2D eigenvalue weighted by Gasteiger charge is 2.01. The van der Waals surface area contributed by atoms with Crippen molar-refractivity contribution < 1.29 is 4.21 Å². The van der Waals surface area contributed by atoms with Crippen molar-refractivity contribution in [2.75, 3.05) is 5.75 Å². The predicted molar refractivity (Wildman–Crippen MR) is 67.3 cm³/mol. The molecule has 1 rings (SSSR count). The molecule has 0 amide bonds. The van der Waals surface area contributed by atoms with Gasteiger partial charge in [-0.05, 0) is 30.5 Å². The van der Waals surface area contributed by atoms with Crippen LogP contribution < -0.4 is 0 Å². The number of hydrogen-bond acceptors (Lipinski definition) is 1. The Kier molecular flexibility index (Phi) is 5.33. The molecule has 0 bridgehead atoms. The molecule has 0 radical (unpaired) electrons. The average molecular weight is 222 g/mol. The van der Waals surface area contributed by atoms with Gasteiger partial charge in [-0.15, -0.1) is 0 Å². The standard InChI is InChI=1S/C13H18OS/c1-3-5-7-12-8-6-9-13(11-12)15(14)10-4-2/h5-9,11H,3-4,10H2,1-2H3/b7-5+. The Hall–Kier alpha value is -0.890. The van der Waals surface area contributed by atoms with Gasteiger partial charge in [0.1, 0.15) is 0 Å². The van der Waals surface area contributed by atoms with Crippen molar-refractivity contribution in [2.24, 2.45) is 0 Å². The van der Waals surface area contributed by atoms with Crippen molar-refractivity contribution >= 4 is 16.9 Å². The van der Waals surface area contributed by atoms with Crippen LogP contribution in [-0.4, -0.2) is 9.96 Å². The minimum atomic E-state index is -0.833. The first-order chi connectivity index (χ1) is 7.27. The molecule has 0 aliphatic rings. The van der Waals surface area contributed by atoms with E-state index in [1.165, 1.54) is 0 Å². The highest BCUT2D eigenvalue weighted by atomic mass is 32.2. The minimum absolute atomic E-state index is 0.751. The second-order valence-corrected chi connectivity index (χ2v) is 5.00. The molecule has 0 aromatic heterocycles. The zero-order chi connectivity index (χ0) is 11.1. The summed E-state index contributed by atoms with van der Waals surface area (Å²) in [7, 11) is -0.833. The van der Waals surface area contributed by atoms with Gasteiger partial charge in [0.2, 0.25) is 0 Å². The van der Waals surface area contributed by atoms with Crippen molar-refractivity contribution in [2.45, 2.75) is 31.6 Å². The van der Waals surface area contributed by atoms with E-state index >= 15 is 0 Å². The molecule has 1 unspecified atom stereocenters. The van der Waals surface area contributed by atoms with Gasteiger partial charge in [-0.2, -0.15) is 0 Å². The molecule has 0 N–H and O–H groups in total. The fourth-order valence-corrected chi connectivity index (χ4v) is 2.42. The lowest BCUT2D eigenvalue weighted by atomic mass is 10.2. The fraction of sp³-hybridized carbons (Fsp3) is 0.385. The van der Waals surface area contributed by atoms with Crippen LogP contribution in [0.2, 0.25) is 0 Å². The summed E-state index contributed by atoms with van der Waals surface area (Å²) < 4.78 is 11.8. The van der Waals surface area contributed by atoms with Crippen LogP contribution in [0.3, 0.4) is 0 Å². The molecule has 1 atom stereocenters. The Labute approximate surface area is 94.7 Å². The first-order valence-electron chi connectivity index (χ1n) is 5.43. The van der Waals surface area contributed by atoms with Gasteiger partial charge in [-0.1, -0.05) is 38.1 Å². The van der Waals surface area contributed by atoms with Gasteiger partial charge in [-0.25, -0.2) is 0 Å². The van der Waals surface area contributed by atoms with Crippen LogP contribution in [-0.2, 0) is 10.8 Å². The molecular weight excluding hydrogens is 204 g/mol. The first-order valence-corrected chi connectivity index (χ1v) is 6.74. The summed E-state index contributed by atoms with van der Waals surface area (Å²) in [6.07, 6.45) is 6.18. The lowest BCUT2D eigenvalue weighted by molar-refractivity contribution is 0.682. The summed E-state index contributed by atoms with van der Waals surface area (Å²) in [6.45, 7) is 4.16. The summed E-state index contributed by atoms with van der Waals surface area (Å²) >= 11 is 0. The van der Waals surface area contributed by atoms with Gasteiger partial charge < -0.3 is 0 Å². The highest BCUT2D eigenvalue weighted by Crippen LogP contribution is 2.12. The number of benzene rings is 1. The largest absolute Gasteiger partial charge is 0.254 e. The molecule has 1 aromatic rings. The maximum Gasteiger partial charge on any atom is 0.0529 e. The molecule has 0 spiro atoms. The van der Waals surface area contributed by atoms with E-state index in [0.717, 1.165) is 29.1 Å². The SMILES string of the molecule is CC/C=C/c1cccc(S(=O)CCC)c1. The number of rotatable bonds is 5. The molecule has 1 nitrogen and oxygen atoms in total. The summed E-state index contributed by atoms with van der Waals surface area (Å²) in [5.74, 6) is 0.751. The van der Waals surface area contributed by atoms with E-state index in [0.29, 0.717) is 0 Å². The molecule has 82 valence electrons. The van der Waals surface area contributed by atoms with Crippen LogP contribution in [0.4, 0.5) is 0 Å². The van der Waals surface area contributed by atoms with Crippen molar-refractivity contribution in [3.8, 4) is 0 Å². The van der Waals surface area contributed by atoms with Crippen LogP contribution in [0.25, 0.3) is 6.08 Å². The van der Waals surface area contributed by atoms with E-state index in [1.807, 2.05) is 24.3 Å². The van der Waals surface area contributed by atoms with Gasteiger partial charge in [0.15, 0.2) is 0 Å². The van der Waals surface area contributed by atoms with Crippen molar-refractivity contribution in [3.05, 3.63) is 35.9 Å². The predicted octanol–water partition coefficient (Wildman–Crippen LogP) is 3.63. The van der Waals surface area contributed by atoms with Gasteiger partial charge in [0.05, 0.1) is 10.8 Å². The van der Waals surface area contributed by atoms with Crippen LogP contribution in [0.1, 0.15) is 32.3 Å². The summed E-state index contributed by atoms with van der Waals surface area (Å²) in [5, 5.41) is 0. The second-order valence-electron chi connectivity index (χ2n) is 3.43. The van der Waals surface area contributed by atoms with Crippen molar-refractivity contribution in [1.82, 2.24) is 0 Å².